The number of rotatable bonds is 3. The van der Waals surface area contributed by atoms with E-state index in [-0.39, 0.29) is 34.0 Å². The normalized spacial score (nSPS) is 17.7. The average Bonchev–Trinajstić information content (AvgIpc) is 2.98. The molecule has 6 nitrogen and oxygen atoms in total. The van der Waals surface area contributed by atoms with Crippen LogP contribution in [-0.2, 0) is 11.0 Å². The molecule has 2 heterocycles. The van der Waals surface area contributed by atoms with Crippen molar-refractivity contribution in [3.63, 3.8) is 0 Å². The fourth-order valence-electron chi connectivity index (χ4n) is 2.52. The van der Waals surface area contributed by atoms with Gasteiger partial charge in [0.25, 0.3) is 5.91 Å². The Balaban J connectivity index is 1.75. The molecule has 0 spiro atoms. The molecule has 1 aliphatic heterocycles. The molecule has 1 saturated heterocycles. The number of nitrogens with one attached hydrogen (secondary N) is 2. The molecule has 1 fully saturated rings. The molecule has 1 aromatic heterocycles. The number of carbonyl (C=O) groups excluding carboxylic acids is 2. The van der Waals surface area contributed by atoms with Crippen LogP contribution in [0.3, 0.4) is 0 Å². The van der Waals surface area contributed by atoms with Crippen molar-refractivity contribution in [1.82, 2.24) is 15.8 Å². The summed E-state index contributed by atoms with van der Waals surface area (Å²) in [4.78, 5) is 23.4. The third kappa shape index (κ3) is 3.82. The quantitative estimate of drug-likeness (QED) is 0.848. The molecule has 2 N–H and O–H groups in total. The molecule has 10 heteroatoms. The van der Waals surface area contributed by atoms with Crippen molar-refractivity contribution in [3.05, 3.63) is 40.5 Å². The second-order valence-electron chi connectivity index (χ2n) is 5.76. The van der Waals surface area contributed by atoms with Crippen molar-refractivity contribution in [3.8, 4) is 11.3 Å². The van der Waals surface area contributed by atoms with E-state index >= 15 is 0 Å². The van der Waals surface area contributed by atoms with Gasteiger partial charge in [0.05, 0.1) is 5.56 Å². The second kappa shape index (κ2) is 6.99. The number of hydrogen-bond acceptors (Lipinski definition) is 4. The number of hydrogen-bond donors (Lipinski definition) is 2. The van der Waals surface area contributed by atoms with Gasteiger partial charge in [-0.15, -0.1) is 0 Å². The van der Waals surface area contributed by atoms with Crippen LogP contribution in [0, 0.1) is 0 Å². The van der Waals surface area contributed by atoms with Crippen LogP contribution in [0.4, 0.5) is 13.2 Å². The highest BCUT2D eigenvalue weighted by Gasteiger charge is 2.31. The number of benzene rings is 1. The fourth-order valence-corrected chi connectivity index (χ4v) is 2.78. The number of halogens is 4. The summed E-state index contributed by atoms with van der Waals surface area (Å²) in [5.74, 6) is -0.667. The van der Waals surface area contributed by atoms with E-state index in [2.05, 4.69) is 15.8 Å². The molecule has 3 rings (SSSR count). The Labute approximate surface area is 150 Å². The van der Waals surface area contributed by atoms with E-state index in [1.54, 1.807) is 0 Å². The highest BCUT2D eigenvalue weighted by molar-refractivity contribution is 6.35. The van der Waals surface area contributed by atoms with E-state index in [0.29, 0.717) is 19.4 Å². The van der Waals surface area contributed by atoms with Crippen molar-refractivity contribution in [2.45, 2.75) is 25.1 Å². The standard InChI is InChI=1S/C16H13ClF3N3O3/c17-12-13(15(25)22-10-5-6-11(24)21-7-10)23-26-14(12)8-1-3-9(4-2-8)16(18,19)20/h1-4,10H,5-7H2,(H,21,24)(H,22,25)/t10-/m1/s1. The van der Waals surface area contributed by atoms with Crippen LogP contribution in [0.1, 0.15) is 28.9 Å². The summed E-state index contributed by atoms with van der Waals surface area (Å²) < 4.78 is 42.9. The van der Waals surface area contributed by atoms with Gasteiger partial charge in [-0.2, -0.15) is 13.2 Å². The minimum atomic E-state index is -4.45. The number of aromatic nitrogens is 1. The molecule has 138 valence electrons. The molecule has 0 bridgehead atoms. The van der Waals surface area contributed by atoms with Gasteiger partial charge in [-0.05, 0) is 18.6 Å². The lowest BCUT2D eigenvalue weighted by Gasteiger charge is -2.22. The van der Waals surface area contributed by atoms with Gasteiger partial charge in [-0.25, -0.2) is 0 Å². The number of carbonyl (C=O) groups is 2. The molecule has 0 radical (unpaired) electrons. The zero-order valence-corrected chi connectivity index (χ0v) is 13.9. The van der Waals surface area contributed by atoms with E-state index in [0.717, 1.165) is 12.1 Å². The molecule has 1 aromatic carbocycles. The minimum Gasteiger partial charge on any atom is -0.354 e. The van der Waals surface area contributed by atoms with Crippen LogP contribution in [0.2, 0.25) is 5.02 Å². The zero-order chi connectivity index (χ0) is 18.9. The molecule has 0 saturated carbocycles. The Bertz CT molecular complexity index is 824. The van der Waals surface area contributed by atoms with Crippen LogP contribution < -0.4 is 10.6 Å². The monoisotopic (exact) mass is 387 g/mol. The molecular formula is C16H13ClF3N3O3. The Kier molecular flexibility index (Phi) is 4.90. The molecular weight excluding hydrogens is 375 g/mol. The smallest absolute Gasteiger partial charge is 0.354 e. The van der Waals surface area contributed by atoms with Gasteiger partial charge >= 0.3 is 6.18 Å². The lowest BCUT2D eigenvalue weighted by Crippen LogP contribution is -2.47. The topological polar surface area (TPSA) is 84.2 Å². The number of piperidine rings is 1. The van der Waals surface area contributed by atoms with Gasteiger partial charge in [0.15, 0.2) is 11.5 Å². The molecule has 1 aliphatic rings. The Morgan fingerprint density at radius 3 is 2.58 bits per heavy atom. The van der Waals surface area contributed by atoms with Crippen molar-refractivity contribution < 1.29 is 27.3 Å². The lowest BCUT2D eigenvalue weighted by molar-refractivity contribution is -0.137. The van der Waals surface area contributed by atoms with Gasteiger partial charge in [-0.3, -0.25) is 9.59 Å². The van der Waals surface area contributed by atoms with Crippen molar-refractivity contribution >= 4 is 23.4 Å². The van der Waals surface area contributed by atoms with Crippen LogP contribution in [0.5, 0.6) is 0 Å². The van der Waals surface area contributed by atoms with Gasteiger partial charge in [0.2, 0.25) is 5.91 Å². The van der Waals surface area contributed by atoms with E-state index in [1.165, 1.54) is 12.1 Å². The van der Waals surface area contributed by atoms with Gasteiger partial charge in [0.1, 0.15) is 5.02 Å². The van der Waals surface area contributed by atoms with E-state index in [1.807, 2.05) is 0 Å². The number of nitrogens with zero attached hydrogens (tertiary/aromatic N) is 1. The molecule has 1 atom stereocenters. The first kappa shape index (κ1) is 18.2. The Morgan fingerprint density at radius 2 is 2.00 bits per heavy atom. The summed E-state index contributed by atoms with van der Waals surface area (Å²) >= 11 is 6.12. The summed E-state index contributed by atoms with van der Waals surface area (Å²) in [6, 6.07) is 3.89. The van der Waals surface area contributed by atoms with Crippen LogP contribution in [0.25, 0.3) is 11.3 Å². The first-order chi connectivity index (χ1) is 12.3. The Hall–Kier alpha value is -2.55. The summed E-state index contributed by atoms with van der Waals surface area (Å²) in [5.41, 5.74) is -0.716. The largest absolute Gasteiger partial charge is 0.416 e. The lowest BCUT2D eigenvalue weighted by atomic mass is 10.1. The van der Waals surface area contributed by atoms with Crippen molar-refractivity contribution in [2.75, 3.05) is 6.54 Å². The maximum absolute atomic E-state index is 12.6. The molecule has 0 aliphatic carbocycles. The predicted octanol–water partition coefficient (Wildman–Crippen LogP) is 3.02. The van der Waals surface area contributed by atoms with Gasteiger partial charge < -0.3 is 15.2 Å². The third-order valence-corrected chi connectivity index (χ3v) is 4.28. The molecule has 2 aromatic rings. The highest BCUT2D eigenvalue weighted by atomic mass is 35.5. The maximum Gasteiger partial charge on any atom is 0.416 e. The first-order valence-electron chi connectivity index (χ1n) is 7.66. The predicted molar refractivity (Wildman–Crippen MR) is 85.4 cm³/mol. The fraction of sp³-hybridized carbons (Fsp3) is 0.312. The van der Waals surface area contributed by atoms with Gasteiger partial charge in [-0.1, -0.05) is 28.9 Å². The molecule has 26 heavy (non-hydrogen) atoms. The minimum absolute atomic E-state index is 0.00230. The molecule has 2 amide bonds. The van der Waals surface area contributed by atoms with E-state index in [4.69, 9.17) is 16.1 Å². The summed E-state index contributed by atoms with van der Waals surface area (Å²) in [6.07, 6.45) is -3.67. The first-order valence-corrected chi connectivity index (χ1v) is 8.04. The average molecular weight is 388 g/mol. The summed E-state index contributed by atoms with van der Waals surface area (Å²) in [5, 5.41) is 8.83. The number of alkyl halides is 3. The summed E-state index contributed by atoms with van der Waals surface area (Å²) in [7, 11) is 0. The zero-order valence-electron chi connectivity index (χ0n) is 13.2. The van der Waals surface area contributed by atoms with Gasteiger partial charge in [0, 0.05) is 24.6 Å². The van der Waals surface area contributed by atoms with E-state index in [9.17, 15) is 22.8 Å². The van der Waals surface area contributed by atoms with Crippen LogP contribution >= 0.6 is 11.6 Å². The Morgan fingerprint density at radius 1 is 1.31 bits per heavy atom. The molecule has 0 unspecified atom stereocenters. The van der Waals surface area contributed by atoms with Crippen molar-refractivity contribution in [1.29, 1.82) is 0 Å². The van der Waals surface area contributed by atoms with Crippen molar-refractivity contribution in [2.24, 2.45) is 0 Å². The third-order valence-electron chi connectivity index (χ3n) is 3.93. The maximum atomic E-state index is 12.6. The number of amides is 2. The van der Waals surface area contributed by atoms with Crippen LogP contribution in [-0.4, -0.2) is 29.6 Å². The highest BCUT2D eigenvalue weighted by Crippen LogP contribution is 2.34. The van der Waals surface area contributed by atoms with E-state index < -0.39 is 17.6 Å². The SMILES string of the molecule is O=C1CC[C@@H](NC(=O)c2noc(-c3ccc(C(F)(F)F)cc3)c2Cl)CN1. The second-order valence-corrected chi connectivity index (χ2v) is 6.14. The van der Waals surface area contributed by atoms with Crippen LogP contribution in [0.15, 0.2) is 28.8 Å². The summed E-state index contributed by atoms with van der Waals surface area (Å²) in [6.45, 7) is 0.297.